The average Bonchev–Trinajstić information content (AvgIpc) is 3.68. The van der Waals surface area contributed by atoms with E-state index in [2.05, 4.69) is 150 Å². The second-order valence-corrected chi connectivity index (χ2v) is 15.1. The van der Waals surface area contributed by atoms with Crippen LogP contribution in [-0.4, -0.2) is 19.5 Å². The van der Waals surface area contributed by atoms with Crippen LogP contribution in [0.5, 0.6) is 0 Å². The fourth-order valence-corrected chi connectivity index (χ4v) is 9.16. The number of hydrogen-bond donors (Lipinski definition) is 0. The standard InChI is InChI=1S/C55H34N4/c1-4-16-35(17-5-1)46-34-47-43-25-13-15-27-45(43)52-51(49(47)44-26-14-12-24-42(44)46)50-41-23-11-10-18-36(41)30-33-48(50)59(52)40-31-28-39(29-32-40)55-57-53(37-19-6-2-7-20-37)56-54(58-55)38-21-8-3-9-22-38/h1-34H. The second-order valence-electron chi connectivity index (χ2n) is 15.1. The minimum absolute atomic E-state index is 0.634. The Balaban J connectivity index is 1.16. The molecule has 274 valence electrons. The number of rotatable bonds is 5. The summed E-state index contributed by atoms with van der Waals surface area (Å²) >= 11 is 0. The van der Waals surface area contributed by atoms with Gasteiger partial charge in [0.1, 0.15) is 0 Å². The topological polar surface area (TPSA) is 43.6 Å². The summed E-state index contributed by atoms with van der Waals surface area (Å²) in [5, 5.41) is 12.5. The lowest BCUT2D eigenvalue weighted by atomic mass is 9.88. The maximum absolute atomic E-state index is 5.03. The molecule has 0 aliphatic rings. The Morgan fingerprint density at radius 2 is 0.797 bits per heavy atom. The summed E-state index contributed by atoms with van der Waals surface area (Å²) in [4.78, 5) is 15.0. The Labute approximate surface area is 340 Å². The van der Waals surface area contributed by atoms with Crippen molar-refractivity contribution >= 4 is 64.9 Å². The molecule has 2 aromatic heterocycles. The molecule has 0 aliphatic heterocycles. The zero-order chi connectivity index (χ0) is 38.9. The van der Waals surface area contributed by atoms with Crippen LogP contribution < -0.4 is 0 Å². The fourth-order valence-electron chi connectivity index (χ4n) is 9.16. The lowest BCUT2D eigenvalue weighted by Gasteiger charge is -2.16. The first-order chi connectivity index (χ1) is 29.3. The number of nitrogens with zero attached hydrogens (tertiary/aromatic N) is 4. The summed E-state index contributed by atoms with van der Waals surface area (Å²) in [7, 11) is 0. The predicted molar refractivity (Wildman–Crippen MR) is 246 cm³/mol. The van der Waals surface area contributed by atoms with Gasteiger partial charge in [-0.15, -0.1) is 0 Å². The first-order valence-electron chi connectivity index (χ1n) is 20.0. The minimum atomic E-state index is 0.634. The highest BCUT2D eigenvalue weighted by molar-refractivity contribution is 6.40. The molecule has 4 nitrogen and oxygen atoms in total. The zero-order valence-corrected chi connectivity index (χ0v) is 31.9. The summed E-state index contributed by atoms with van der Waals surface area (Å²) < 4.78 is 2.47. The van der Waals surface area contributed by atoms with E-state index in [1.54, 1.807) is 0 Å². The Morgan fingerprint density at radius 1 is 0.305 bits per heavy atom. The van der Waals surface area contributed by atoms with E-state index in [1.807, 2.05) is 60.7 Å². The molecule has 0 saturated carbocycles. The van der Waals surface area contributed by atoms with Crippen molar-refractivity contribution in [3.63, 3.8) is 0 Å². The van der Waals surface area contributed by atoms with Gasteiger partial charge in [0.2, 0.25) is 0 Å². The van der Waals surface area contributed by atoms with E-state index in [9.17, 15) is 0 Å². The third kappa shape index (κ3) is 5.27. The molecule has 0 spiro atoms. The van der Waals surface area contributed by atoms with Crippen molar-refractivity contribution in [2.24, 2.45) is 0 Å². The molecule has 0 unspecified atom stereocenters. The fraction of sp³-hybridized carbons (Fsp3) is 0. The molecule has 4 heteroatoms. The van der Waals surface area contributed by atoms with E-state index in [1.165, 1.54) is 76.0 Å². The molecule has 0 saturated heterocycles. The normalized spacial score (nSPS) is 11.7. The van der Waals surface area contributed by atoms with Crippen LogP contribution in [0.25, 0.3) is 116 Å². The molecule has 12 rings (SSSR count). The maximum Gasteiger partial charge on any atom is 0.164 e. The lowest BCUT2D eigenvalue weighted by molar-refractivity contribution is 1.07. The Bertz CT molecular complexity index is 3520. The van der Waals surface area contributed by atoms with Gasteiger partial charge in [-0.1, -0.05) is 170 Å². The van der Waals surface area contributed by atoms with Crippen LogP contribution in [0.1, 0.15) is 0 Å². The van der Waals surface area contributed by atoms with Gasteiger partial charge in [0.25, 0.3) is 0 Å². The van der Waals surface area contributed by atoms with Crippen LogP contribution >= 0.6 is 0 Å². The van der Waals surface area contributed by atoms with Gasteiger partial charge in [-0.25, -0.2) is 15.0 Å². The highest BCUT2D eigenvalue weighted by atomic mass is 15.0. The molecule has 2 heterocycles. The van der Waals surface area contributed by atoms with Crippen LogP contribution in [0.4, 0.5) is 0 Å². The molecule has 0 fully saturated rings. The molecule has 0 N–H and O–H groups in total. The van der Waals surface area contributed by atoms with Crippen LogP contribution in [0.15, 0.2) is 206 Å². The summed E-state index contributed by atoms with van der Waals surface area (Å²) in [5.41, 5.74) is 8.71. The largest absolute Gasteiger partial charge is 0.309 e. The van der Waals surface area contributed by atoms with E-state index >= 15 is 0 Å². The third-order valence-electron chi connectivity index (χ3n) is 11.8. The second kappa shape index (κ2) is 13.3. The summed E-state index contributed by atoms with van der Waals surface area (Å²) in [5.74, 6) is 1.93. The van der Waals surface area contributed by atoms with Crippen molar-refractivity contribution in [3.8, 4) is 51.0 Å². The van der Waals surface area contributed by atoms with Crippen molar-refractivity contribution in [3.05, 3.63) is 206 Å². The molecule has 12 aromatic rings. The van der Waals surface area contributed by atoms with Gasteiger partial charge in [-0.2, -0.15) is 0 Å². The van der Waals surface area contributed by atoms with E-state index in [4.69, 9.17) is 15.0 Å². The SMILES string of the molecule is c1ccc(-c2nc(-c3ccccc3)nc(-c3ccc(-n4c5ccc6ccccc6c5c5c6c7ccccc7c(-c7ccccc7)cc6c6ccccc6c54)cc3)n2)cc1. The smallest absolute Gasteiger partial charge is 0.164 e. The quantitative estimate of drug-likeness (QED) is 0.165. The number of hydrogen-bond acceptors (Lipinski definition) is 3. The van der Waals surface area contributed by atoms with Crippen LogP contribution in [0.2, 0.25) is 0 Å². The molecule has 10 aromatic carbocycles. The molecule has 0 radical (unpaired) electrons. The van der Waals surface area contributed by atoms with Crippen LogP contribution in [0.3, 0.4) is 0 Å². The maximum atomic E-state index is 5.03. The van der Waals surface area contributed by atoms with Gasteiger partial charge in [-0.3, -0.25) is 0 Å². The summed E-state index contributed by atoms with van der Waals surface area (Å²) in [6.07, 6.45) is 0. The predicted octanol–water partition coefficient (Wildman–Crippen LogP) is 14.2. The minimum Gasteiger partial charge on any atom is -0.309 e. The number of fused-ring (bicyclic) bond motifs is 12. The highest BCUT2D eigenvalue weighted by Crippen LogP contribution is 2.48. The van der Waals surface area contributed by atoms with Crippen molar-refractivity contribution < 1.29 is 0 Å². The van der Waals surface area contributed by atoms with E-state index in [0.29, 0.717) is 17.5 Å². The molecular weight excluding hydrogens is 717 g/mol. The molecule has 0 amide bonds. The van der Waals surface area contributed by atoms with Gasteiger partial charge < -0.3 is 4.57 Å². The van der Waals surface area contributed by atoms with Gasteiger partial charge in [0, 0.05) is 43.9 Å². The first-order valence-corrected chi connectivity index (χ1v) is 20.0. The molecule has 0 atom stereocenters. The van der Waals surface area contributed by atoms with Crippen molar-refractivity contribution in [1.29, 1.82) is 0 Å². The third-order valence-corrected chi connectivity index (χ3v) is 11.8. The number of benzene rings is 10. The lowest BCUT2D eigenvalue weighted by Crippen LogP contribution is -2.00. The summed E-state index contributed by atoms with van der Waals surface area (Å²) in [6.45, 7) is 0. The first kappa shape index (κ1) is 33.2. The average molecular weight is 751 g/mol. The molecule has 0 bridgehead atoms. The highest BCUT2D eigenvalue weighted by Gasteiger charge is 2.23. The number of aromatic nitrogens is 4. The molecule has 0 aliphatic carbocycles. The van der Waals surface area contributed by atoms with Gasteiger partial charge in [-0.05, 0) is 79.8 Å². The Hall–Kier alpha value is -7.95. The van der Waals surface area contributed by atoms with Crippen LogP contribution in [0, 0.1) is 0 Å². The van der Waals surface area contributed by atoms with Crippen molar-refractivity contribution in [1.82, 2.24) is 19.5 Å². The molecular formula is C55H34N4. The monoisotopic (exact) mass is 750 g/mol. The van der Waals surface area contributed by atoms with Crippen LogP contribution in [-0.2, 0) is 0 Å². The van der Waals surface area contributed by atoms with Gasteiger partial charge in [0.05, 0.1) is 11.0 Å². The van der Waals surface area contributed by atoms with Gasteiger partial charge >= 0.3 is 0 Å². The summed E-state index contributed by atoms with van der Waals surface area (Å²) in [6, 6.07) is 73.4. The Morgan fingerprint density at radius 3 is 1.42 bits per heavy atom. The zero-order valence-electron chi connectivity index (χ0n) is 31.9. The van der Waals surface area contributed by atoms with E-state index in [0.717, 1.165) is 22.4 Å². The van der Waals surface area contributed by atoms with E-state index < -0.39 is 0 Å². The molecule has 59 heavy (non-hydrogen) atoms. The van der Waals surface area contributed by atoms with Crippen molar-refractivity contribution in [2.45, 2.75) is 0 Å². The Kier molecular flexibility index (Phi) is 7.50. The van der Waals surface area contributed by atoms with Gasteiger partial charge in [0.15, 0.2) is 17.5 Å². The van der Waals surface area contributed by atoms with Crippen molar-refractivity contribution in [2.75, 3.05) is 0 Å². The van der Waals surface area contributed by atoms with E-state index in [-0.39, 0.29) is 0 Å².